The first-order valence-electron chi connectivity index (χ1n) is 8.32. The second-order valence-electron chi connectivity index (χ2n) is 6.24. The van der Waals surface area contributed by atoms with E-state index in [4.69, 9.17) is 21.1 Å². The molecule has 1 atom stereocenters. The summed E-state index contributed by atoms with van der Waals surface area (Å²) in [6.07, 6.45) is 4.33. The van der Waals surface area contributed by atoms with Gasteiger partial charge in [0.2, 0.25) is 12.7 Å². The lowest BCUT2D eigenvalue weighted by Crippen LogP contribution is -2.26. The second-order valence-corrected chi connectivity index (χ2v) is 6.64. The van der Waals surface area contributed by atoms with Crippen LogP contribution in [-0.4, -0.2) is 30.7 Å². The number of hydrogen-bond acceptors (Lipinski definition) is 3. The normalized spacial score (nSPS) is 18.9. The van der Waals surface area contributed by atoms with Crippen LogP contribution in [0.4, 0.5) is 0 Å². The van der Waals surface area contributed by atoms with E-state index in [1.165, 1.54) is 5.56 Å². The van der Waals surface area contributed by atoms with Gasteiger partial charge in [-0.3, -0.25) is 4.79 Å². The Labute approximate surface area is 151 Å². The molecule has 1 fully saturated rings. The Morgan fingerprint density at radius 2 is 2.00 bits per heavy atom. The first-order chi connectivity index (χ1) is 12.2. The summed E-state index contributed by atoms with van der Waals surface area (Å²) in [6, 6.07) is 13.5. The minimum Gasteiger partial charge on any atom is -0.454 e. The first-order valence-corrected chi connectivity index (χ1v) is 8.69. The monoisotopic (exact) mass is 355 g/mol. The lowest BCUT2D eigenvalue weighted by molar-refractivity contribution is -0.124. The molecule has 1 amide bonds. The molecular weight excluding hydrogens is 338 g/mol. The van der Waals surface area contributed by atoms with Crippen molar-refractivity contribution in [2.24, 2.45) is 0 Å². The fourth-order valence-electron chi connectivity index (χ4n) is 3.28. The van der Waals surface area contributed by atoms with Gasteiger partial charge in [0.15, 0.2) is 11.5 Å². The molecule has 128 valence electrons. The summed E-state index contributed by atoms with van der Waals surface area (Å²) >= 11 is 6.12. The van der Waals surface area contributed by atoms with E-state index in [0.717, 1.165) is 30.0 Å². The third-order valence-corrected chi connectivity index (χ3v) is 5.02. The van der Waals surface area contributed by atoms with Crippen LogP contribution >= 0.6 is 11.6 Å². The van der Waals surface area contributed by atoms with E-state index in [-0.39, 0.29) is 12.7 Å². The van der Waals surface area contributed by atoms with Crippen LogP contribution < -0.4 is 9.47 Å². The van der Waals surface area contributed by atoms with E-state index < -0.39 is 0 Å². The van der Waals surface area contributed by atoms with Gasteiger partial charge >= 0.3 is 0 Å². The molecule has 2 aliphatic heterocycles. The molecule has 5 heteroatoms. The SMILES string of the molecule is O=C(C=Cc1ccccc1Cl)N1CCC(c2ccc3c(c2)OCO3)C1. The highest BCUT2D eigenvalue weighted by Crippen LogP contribution is 2.37. The number of benzene rings is 2. The number of carbonyl (C=O) groups is 1. The van der Waals surface area contributed by atoms with Crippen LogP contribution in [0.25, 0.3) is 6.08 Å². The Balaban J connectivity index is 1.42. The maximum absolute atomic E-state index is 12.4. The number of carbonyl (C=O) groups excluding carboxylic acids is 1. The van der Waals surface area contributed by atoms with Gasteiger partial charge in [0.25, 0.3) is 0 Å². The molecule has 4 nitrogen and oxygen atoms in total. The zero-order valence-electron chi connectivity index (χ0n) is 13.7. The average molecular weight is 356 g/mol. The quantitative estimate of drug-likeness (QED) is 0.778. The van der Waals surface area contributed by atoms with Gasteiger partial charge in [-0.25, -0.2) is 0 Å². The van der Waals surface area contributed by atoms with Crippen molar-refractivity contribution in [2.75, 3.05) is 19.9 Å². The maximum atomic E-state index is 12.4. The van der Waals surface area contributed by atoms with Crippen LogP contribution in [0.15, 0.2) is 48.5 Å². The van der Waals surface area contributed by atoms with Crippen molar-refractivity contribution in [3.63, 3.8) is 0 Å². The molecule has 0 spiro atoms. The minimum atomic E-state index is 0.0168. The summed E-state index contributed by atoms with van der Waals surface area (Å²) in [5.41, 5.74) is 2.04. The van der Waals surface area contributed by atoms with Crippen molar-refractivity contribution >= 4 is 23.6 Å². The standard InChI is InChI=1S/C20H18ClNO3/c21-17-4-2-1-3-14(17)6-8-20(23)22-10-9-16(12-22)15-5-7-18-19(11-15)25-13-24-18/h1-8,11,16H,9-10,12-13H2. The van der Waals surface area contributed by atoms with E-state index in [0.29, 0.717) is 17.5 Å². The van der Waals surface area contributed by atoms with Crippen molar-refractivity contribution in [1.29, 1.82) is 0 Å². The maximum Gasteiger partial charge on any atom is 0.246 e. The Morgan fingerprint density at radius 3 is 2.88 bits per heavy atom. The molecule has 2 aromatic rings. The van der Waals surface area contributed by atoms with Gasteiger partial charge in [-0.15, -0.1) is 0 Å². The van der Waals surface area contributed by atoms with Gasteiger partial charge < -0.3 is 14.4 Å². The van der Waals surface area contributed by atoms with Crippen LogP contribution in [0.5, 0.6) is 11.5 Å². The molecule has 0 radical (unpaired) electrons. The number of hydrogen-bond donors (Lipinski definition) is 0. The number of rotatable bonds is 3. The summed E-state index contributed by atoms with van der Waals surface area (Å²) in [4.78, 5) is 14.3. The van der Waals surface area contributed by atoms with Gasteiger partial charge in [-0.2, -0.15) is 0 Å². The van der Waals surface area contributed by atoms with Crippen LogP contribution in [0.2, 0.25) is 5.02 Å². The highest BCUT2D eigenvalue weighted by atomic mass is 35.5. The predicted molar refractivity (Wildman–Crippen MR) is 97.0 cm³/mol. The van der Waals surface area contributed by atoms with Crippen molar-refractivity contribution in [1.82, 2.24) is 4.90 Å². The summed E-state index contributed by atoms with van der Waals surface area (Å²) in [7, 11) is 0. The van der Waals surface area contributed by atoms with E-state index in [9.17, 15) is 4.79 Å². The Hall–Kier alpha value is -2.46. The number of amides is 1. The third kappa shape index (κ3) is 3.35. The lowest BCUT2D eigenvalue weighted by Gasteiger charge is -2.15. The molecule has 1 unspecified atom stereocenters. The fraction of sp³-hybridized carbons (Fsp3) is 0.250. The highest BCUT2D eigenvalue weighted by molar-refractivity contribution is 6.32. The van der Waals surface area contributed by atoms with Crippen LogP contribution in [-0.2, 0) is 4.79 Å². The van der Waals surface area contributed by atoms with Gasteiger partial charge in [-0.1, -0.05) is 35.9 Å². The number of fused-ring (bicyclic) bond motifs is 1. The Morgan fingerprint density at radius 1 is 1.16 bits per heavy atom. The van der Waals surface area contributed by atoms with Crippen molar-refractivity contribution in [3.05, 3.63) is 64.7 Å². The summed E-state index contributed by atoms with van der Waals surface area (Å²) in [6.45, 7) is 1.75. The number of halogens is 1. The first kappa shape index (κ1) is 16.0. The topological polar surface area (TPSA) is 38.8 Å². The van der Waals surface area contributed by atoms with Gasteiger partial charge in [-0.05, 0) is 41.8 Å². The van der Waals surface area contributed by atoms with Crippen LogP contribution in [0, 0.1) is 0 Å². The molecule has 2 aromatic carbocycles. The lowest BCUT2D eigenvalue weighted by atomic mass is 9.98. The molecule has 2 heterocycles. The molecule has 1 saturated heterocycles. The van der Waals surface area contributed by atoms with Crippen molar-refractivity contribution in [2.45, 2.75) is 12.3 Å². The second kappa shape index (κ2) is 6.81. The minimum absolute atomic E-state index is 0.0168. The highest BCUT2D eigenvalue weighted by Gasteiger charge is 2.27. The van der Waals surface area contributed by atoms with E-state index >= 15 is 0 Å². The molecule has 0 N–H and O–H groups in total. The van der Waals surface area contributed by atoms with E-state index in [1.54, 1.807) is 12.2 Å². The van der Waals surface area contributed by atoms with Crippen molar-refractivity contribution < 1.29 is 14.3 Å². The average Bonchev–Trinajstić information content (AvgIpc) is 3.29. The van der Waals surface area contributed by atoms with Crippen LogP contribution in [0.1, 0.15) is 23.5 Å². The largest absolute Gasteiger partial charge is 0.454 e. The molecule has 4 rings (SSSR count). The summed E-state index contributed by atoms with van der Waals surface area (Å²) in [5.74, 6) is 1.92. The van der Waals surface area contributed by atoms with Gasteiger partial charge in [0.05, 0.1) is 0 Å². The van der Waals surface area contributed by atoms with Gasteiger partial charge in [0.1, 0.15) is 0 Å². The Bertz CT molecular complexity index is 833. The predicted octanol–water partition coefficient (Wildman–Crippen LogP) is 4.10. The Kier molecular flexibility index (Phi) is 4.36. The third-order valence-electron chi connectivity index (χ3n) is 4.68. The fourth-order valence-corrected chi connectivity index (χ4v) is 3.48. The van der Waals surface area contributed by atoms with Gasteiger partial charge in [0, 0.05) is 30.1 Å². The molecule has 0 saturated carbocycles. The van der Waals surface area contributed by atoms with Crippen molar-refractivity contribution in [3.8, 4) is 11.5 Å². The van der Waals surface area contributed by atoms with E-state index in [2.05, 4.69) is 6.07 Å². The molecule has 0 aliphatic carbocycles. The summed E-state index contributed by atoms with van der Waals surface area (Å²) < 4.78 is 10.8. The number of ether oxygens (including phenoxy) is 2. The van der Waals surface area contributed by atoms with Crippen LogP contribution in [0.3, 0.4) is 0 Å². The number of likely N-dealkylation sites (tertiary alicyclic amines) is 1. The molecule has 0 bridgehead atoms. The molecule has 0 aromatic heterocycles. The smallest absolute Gasteiger partial charge is 0.246 e. The molecule has 2 aliphatic rings. The zero-order chi connectivity index (χ0) is 17.2. The molecular formula is C20H18ClNO3. The number of nitrogens with zero attached hydrogens (tertiary/aromatic N) is 1. The van der Waals surface area contributed by atoms with E-state index in [1.807, 2.05) is 41.3 Å². The summed E-state index contributed by atoms with van der Waals surface area (Å²) in [5, 5.41) is 0.645. The zero-order valence-corrected chi connectivity index (χ0v) is 14.4. The molecule has 25 heavy (non-hydrogen) atoms.